The van der Waals surface area contributed by atoms with E-state index in [-0.39, 0.29) is 11.9 Å². The summed E-state index contributed by atoms with van der Waals surface area (Å²) < 4.78 is 10.4. The molecule has 0 aliphatic rings. The van der Waals surface area contributed by atoms with Gasteiger partial charge in [0.05, 0.1) is 6.26 Å². The van der Waals surface area contributed by atoms with Crippen molar-refractivity contribution in [2.24, 2.45) is 0 Å². The number of hydrogen-bond donors (Lipinski definition) is 0. The van der Waals surface area contributed by atoms with Gasteiger partial charge in [-0.1, -0.05) is 6.07 Å². The van der Waals surface area contributed by atoms with Crippen LogP contribution in [-0.2, 0) is 11.2 Å². The van der Waals surface area contributed by atoms with E-state index in [1.54, 1.807) is 18.5 Å². The van der Waals surface area contributed by atoms with Crippen molar-refractivity contribution in [3.05, 3.63) is 53.7 Å². The Kier molecular flexibility index (Phi) is 3.77. The largest absolute Gasteiger partial charge is 0.457 e. The van der Waals surface area contributed by atoms with Crippen LogP contribution in [0.25, 0.3) is 0 Å². The van der Waals surface area contributed by atoms with Crippen LogP contribution in [0.3, 0.4) is 0 Å². The molecule has 0 spiro atoms. The van der Waals surface area contributed by atoms with Gasteiger partial charge in [-0.25, -0.2) is 4.79 Å². The van der Waals surface area contributed by atoms with Gasteiger partial charge >= 0.3 is 5.97 Å². The van der Waals surface area contributed by atoms with Crippen molar-refractivity contribution in [1.82, 2.24) is 4.98 Å². The second kappa shape index (κ2) is 5.49. The van der Waals surface area contributed by atoms with Gasteiger partial charge in [0.15, 0.2) is 0 Å². The minimum absolute atomic E-state index is 0.216. The second-order valence-corrected chi connectivity index (χ2v) is 4.21. The predicted molar refractivity (Wildman–Crippen MR) is 66.3 cm³/mol. The Balaban J connectivity index is 1.94. The summed E-state index contributed by atoms with van der Waals surface area (Å²) in [7, 11) is 0. The molecule has 0 saturated carbocycles. The topological polar surface area (TPSA) is 52.3 Å². The highest BCUT2D eigenvalue weighted by Crippen LogP contribution is 2.13. The van der Waals surface area contributed by atoms with E-state index < -0.39 is 5.97 Å². The van der Waals surface area contributed by atoms with Gasteiger partial charge in [-0.2, -0.15) is 0 Å². The van der Waals surface area contributed by atoms with Crippen molar-refractivity contribution < 1.29 is 13.9 Å². The van der Waals surface area contributed by atoms with Gasteiger partial charge in [-0.3, -0.25) is 4.98 Å². The number of rotatable bonds is 4. The molecule has 0 bridgehead atoms. The molecule has 0 aromatic carbocycles. The summed E-state index contributed by atoms with van der Waals surface area (Å²) in [5.41, 5.74) is 1.82. The highest BCUT2D eigenvalue weighted by atomic mass is 16.6. The molecule has 0 unspecified atom stereocenters. The van der Waals surface area contributed by atoms with Crippen molar-refractivity contribution in [1.29, 1.82) is 0 Å². The number of carbonyl (C=O) groups excluding carboxylic acids is 1. The molecule has 2 aromatic rings. The fourth-order valence-electron chi connectivity index (χ4n) is 1.71. The molecule has 0 saturated heterocycles. The van der Waals surface area contributed by atoms with Gasteiger partial charge in [0.2, 0.25) is 5.76 Å². The van der Waals surface area contributed by atoms with Crippen molar-refractivity contribution in [2.75, 3.05) is 0 Å². The summed E-state index contributed by atoms with van der Waals surface area (Å²) in [6, 6.07) is 5.55. The molecule has 2 rings (SSSR count). The van der Waals surface area contributed by atoms with Crippen molar-refractivity contribution in [3.8, 4) is 0 Å². The molecular weight excluding hydrogens is 230 g/mol. The highest BCUT2D eigenvalue weighted by molar-refractivity contribution is 5.87. The Bertz CT molecular complexity index is 519. The molecule has 18 heavy (non-hydrogen) atoms. The predicted octanol–water partition coefficient (Wildman–Crippen LogP) is 2.77. The quantitative estimate of drug-likeness (QED) is 0.777. The summed E-state index contributed by atoms with van der Waals surface area (Å²) >= 11 is 0. The molecule has 94 valence electrons. The van der Waals surface area contributed by atoms with Crippen LogP contribution in [0, 0.1) is 6.92 Å². The van der Waals surface area contributed by atoms with Crippen LogP contribution in [0.15, 0.2) is 41.3 Å². The number of esters is 1. The van der Waals surface area contributed by atoms with Crippen molar-refractivity contribution >= 4 is 5.97 Å². The molecule has 4 nitrogen and oxygen atoms in total. The Morgan fingerprint density at radius 1 is 1.50 bits per heavy atom. The van der Waals surface area contributed by atoms with Crippen LogP contribution in [0.1, 0.15) is 28.6 Å². The third kappa shape index (κ3) is 2.97. The fourth-order valence-corrected chi connectivity index (χ4v) is 1.71. The maximum atomic E-state index is 11.8. The van der Waals surface area contributed by atoms with Gasteiger partial charge in [0.1, 0.15) is 6.10 Å². The van der Waals surface area contributed by atoms with Crippen LogP contribution in [0.2, 0.25) is 0 Å². The number of nitrogens with zero attached hydrogens (tertiary/aromatic N) is 1. The van der Waals surface area contributed by atoms with Gasteiger partial charge in [-0.15, -0.1) is 0 Å². The summed E-state index contributed by atoms with van der Waals surface area (Å²) in [6.45, 7) is 3.66. The third-order valence-corrected chi connectivity index (χ3v) is 2.60. The Morgan fingerprint density at radius 3 is 2.94 bits per heavy atom. The molecular formula is C14H15NO3. The van der Waals surface area contributed by atoms with E-state index in [1.807, 2.05) is 26.0 Å². The van der Waals surface area contributed by atoms with Crippen molar-refractivity contribution in [3.63, 3.8) is 0 Å². The van der Waals surface area contributed by atoms with E-state index in [2.05, 4.69) is 4.98 Å². The Labute approximate surface area is 106 Å². The van der Waals surface area contributed by atoms with E-state index >= 15 is 0 Å². The van der Waals surface area contributed by atoms with E-state index in [0.29, 0.717) is 6.42 Å². The molecule has 0 aliphatic heterocycles. The monoisotopic (exact) mass is 245 g/mol. The minimum atomic E-state index is -0.422. The van der Waals surface area contributed by atoms with Gasteiger partial charge < -0.3 is 9.15 Å². The lowest BCUT2D eigenvalue weighted by molar-refractivity contribution is 0.0305. The Morgan fingerprint density at radius 2 is 2.33 bits per heavy atom. The average Bonchev–Trinajstić information content (AvgIpc) is 2.76. The summed E-state index contributed by atoms with van der Waals surface area (Å²) in [4.78, 5) is 15.8. The molecule has 2 aromatic heterocycles. The van der Waals surface area contributed by atoms with Gasteiger partial charge in [0, 0.05) is 24.4 Å². The van der Waals surface area contributed by atoms with Gasteiger partial charge in [0.25, 0.3) is 0 Å². The number of ether oxygens (including phenoxy) is 1. The van der Waals surface area contributed by atoms with Crippen molar-refractivity contribution in [2.45, 2.75) is 26.4 Å². The summed E-state index contributed by atoms with van der Waals surface area (Å²) in [6.07, 6.45) is 5.39. The lowest BCUT2D eigenvalue weighted by atomic mass is 10.1. The lowest BCUT2D eigenvalue weighted by Crippen LogP contribution is -2.17. The second-order valence-electron chi connectivity index (χ2n) is 4.21. The zero-order chi connectivity index (χ0) is 13.0. The first kappa shape index (κ1) is 12.4. The molecule has 0 fully saturated rings. The average molecular weight is 245 g/mol. The number of furan rings is 1. The fraction of sp³-hybridized carbons (Fsp3) is 0.286. The van der Waals surface area contributed by atoms with Crippen LogP contribution in [0.5, 0.6) is 0 Å². The minimum Gasteiger partial charge on any atom is -0.457 e. The van der Waals surface area contributed by atoms with E-state index in [4.69, 9.17) is 9.15 Å². The maximum Gasteiger partial charge on any atom is 0.374 e. The number of pyridine rings is 1. The number of hydrogen-bond acceptors (Lipinski definition) is 4. The normalized spacial score (nSPS) is 12.1. The number of aromatic nitrogens is 1. The molecule has 0 aliphatic carbocycles. The first-order valence-electron chi connectivity index (χ1n) is 5.81. The number of aryl methyl sites for hydroxylation is 1. The summed E-state index contributed by atoms with van der Waals surface area (Å²) in [5.74, 6) is -0.151. The number of carbonyl (C=O) groups is 1. The molecule has 0 radical (unpaired) electrons. The van der Waals surface area contributed by atoms with Crippen LogP contribution in [0.4, 0.5) is 0 Å². The van der Waals surface area contributed by atoms with Gasteiger partial charge in [-0.05, 0) is 31.5 Å². The van der Waals surface area contributed by atoms with E-state index in [9.17, 15) is 4.79 Å². The van der Waals surface area contributed by atoms with Crippen LogP contribution in [-0.4, -0.2) is 17.1 Å². The van der Waals surface area contributed by atoms with E-state index in [0.717, 1.165) is 11.1 Å². The Hall–Kier alpha value is -2.10. The molecule has 2 heterocycles. The maximum absolute atomic E-state index is 11.8. The SMILES string of the molecule is Cc1ccoc1C(=O)O[C@@H](C)Cc1cccnc1. The molecule has 4 heteroatoms. The molecule has 0 N–H and O–H groups in total. The lowest BCUT2D eigenvalue weighted by Gasteiger charge is -2.12. The zero-order valence-corrected chi connectivity index (χ0v) is 10.4. The standard InChI is InChI=1S/C14H15NO3/c1-10-5-7-17-13(10)14(16)18-11(2)8-12-4-3-6-15-9-12/h3-7,9,11H,8H2,1-2H3/t11-/m0/s1. The highest BCUT2D eigenvalue weighted by Gasteiger charge is 2.17. The summed E-state index contributed by atoms with van der Waals surface area (Å²) in [5, 5.41) is 0. The first-order valence-corrected chi connectivity index (χ1v) is 5.81. The third-order valence-electron chi connectivity index (χ3n) is 2.60. The first-order chi connectivity index (χ1) is 8.66. The van der Waals surface area contributed by atoms with E-state index in [1.165, 1.54) is 6.26 Å². The molecule has 1 atom stereocenters. The van der Waals surface area contributed by atoms with Crippen LogP contribution >= 0.6 is 0 Å². The molecule has 0 amide bonds. The smallest absolute Gasteiger partial charge is 0.374 e. The van der Waals surface area contributed by atoms with Crippen LogP contribution < -0.4 is 0 Å². The zero-order valence-electron chi connectivity index (χ0n) is 10.4.